The van der Waals surface area contributed by atoms with Gasteiger partial charge in [0.1, 0.15) is 5.82 Å². The molecule has 16 heavy (non-hydrogen) atoms. The van der Waals surface area contributed by atoms with Gasteiger partial charge in [0, 0.05) is 30.4 Å². The van der Waals surface area contributed by atoms with Crippen molar-refractivity contribution >= 4 is 0 Å². The Hall–Kier alpha value is -0.960. The van der Waals surface area contributed by atoms with Crippen LogP contribution in [0.3, 0.4) is 0 Å². The summed E-state index contributed by atoms with van der Waals surface area (Å²) in [6, 6.07) is 0. The molecule has 0 atom stereocenters. The molecule has 0 aromatic carbocycles. The van der Waals surface area contributed by atoms with Crippen LogP contribution in [0.5, 0.6) is 0 Å². The molecule has 0 bridgehead atoms. The summed E-state index contributed by atoms with van der Waals surface area (Å²) in [6.07, 6.45) is 13.1. The standard InChI is InChI=1S/C13H21N3/c14-8-11-9-15-13(16-10-11)12-6-4-2-1-3-5-7-12/h9-10,12H,1-8,14H2. The van der Waals surface area contributed by atoms with Gasteiger partial charge in [-0.2, -0.15) is 0 Å². The van der Waals surface area contributed by atoms with Crippen molar-refractivity contribution in [2.45, 2.75) is 57.4 Å². The van der Waals surface area contributed by atoms with Gasteiger partial charge in [-0.25, -0.2) is 9.97 Å². The minimum Gasteiger partial charge on any atom is -0.326 e. The lowest BCUT2D eigenvalue weighted by Crippen LogP contribution is -2.08. The van der Waals surface area contributed by atoms with Crippen LogP contribution in [0, 0.1) is 0 Å². The lowest BCUT2D eigenvalue weighted by Gasteiger charge is -2.18. The largest absolute Gasteiger partial charge is 0.326 e. The highest BCUT2D eigenvalue weighted by atomic mass is 14.9. The molecule has 88 valence electrons. The smallest absolute Gasteiger partial charge is 0.131 e. The van der Waals surface area contributed by atoms with Gasteiger partial charge >= 0.3 is 0 Å². The molecule has 2 N–H and O–H groups in total. The van der Waals surface area contributed by atoms with Gasteiger partial charge in [0.2, 0.25) is 0 Å². The highest BCUT2D eigenvalue weighted by Crippen LogP contribution is 2.28. The first-order valence-corrected chi connectivity index (χ1v) is 6.41. The van der Waals surface area contributed by atoms with Crippen LogP contribution in [-0.2, 0) is 6.54 Å². The Bertz CT molecular complexity index is 299. The molecule has 0 aliphatic heterocycles. The minimum absolute atomic E-state index is 0.533. The summed E-state index contributed by atoms with van der Waals surface area (Å²) in [5.74, 6) is 1.60. The first-order chi connectivity index (χ1) is 7.90. The van der Waals surface area contributed by atoms with Gasteiger partial charge in [0.25, 0.3) is 0 Å². The Morgan fingerprint density at radius 1 is 1.00 bits per heavy atom. The van der Waals surface area contributed by atoms with Gasteiger partial charge in [0.05, 0.1) is 0 Å². The normalized spacial score (nSPS) is 19.1. The van der Waals surface area contributed by atoms with Crippen molar-refractivity contribution in [1.29, 1.82) is 0 Å². The average Bonchev–Trinajstić information content (AvgIpc) is 2.29. The lowest BCUT2D eigenvalue weighted by molar-refractivity contribution is 0.442. The van der Waals surface area contributed by atoms with Crippen LogP contribution in [0.15, 0.2) is 12.4 Å². The third-order valence-electron chi connectivity index (χ3n) is 3.43. The van der Waals surface area contributed by atoms with E-state index < -0.39 is 0 Å². The van der Waals surface area contributed by atoms with E-state index in [1.807, 2.05) is 12.4 Å². The molecule has 0 saturated heterocycles. The first kappa shape index (κ1) is 11.5. The monoisotopic (exact) mass is 219 g/mol. The van der Waals surface area contributed by atoms with Crippen LogP contribution in [0.4, 0.5) is 0 Å². The number of rotatable bonds is 2. The summed E-state index contributed by atoms with van der Waals surface area (Å²) >= 11 is 0. The maximum atomic E-state index is 5.54. The number of aromatic nitrogens is 2. The van der Waals surface area contributed by atoms with Crippen molar-refractivity contribution in [2.24, 2.45) is 5.73 Å². The third-order valence-corrected chi connectivity index (χ3v) is 3.43. The molecule has 1 aromatic rings. The van der Waals surface area contributed by atoms with Gasteiger partial charge in [-0.3, -0.25) is 0 Å². The maximum Gasteiger partial charge on any atom is 0.131 e. The zero-order valence-electron chi connectivity index (χ0n) is 9.86. The predicted octanol–water partition coefficient (Wildman–Crippen LogP) is 2.76. The topological polar surface area (TPSA) is 51.8 Å². The van der Waals surface area contributed by atoms with E-state index in [1.54, 1.807) is 0 Å². The van der Waals surface area contributed by atoms with E-state index in [1.165, 1.54) is 44.9 Å². The molecule has 0 unspecified atom stereocenters. The Kier molecular flexibility index (Phi) is 4.28. The van der Waals surface area contributed by atoms with Crippen LogP contribution >= 0.6 is 0 Å². The SMILES string of the molecule is NCc1cnc(C2CCCCCCC2)nc1. The summed E-state index contributed by atoms with van der Waals surface area (Å²) in [4.78, 5) is 8.91. The lowest BCUT2D eigenvalue weighted by atomic mass is 9.90. The number of hydrogen-bond donors (Lipinski definition) is 1. The van der Waals surface area contributed by atoms with Gasteiger partial charge in [-0.15, -0.1) is 0 Å². The molecule has 1 fully saturated rings. The van der Waals surface area contributed by atoms with Crippen molar-refractivity contribution in [3.8, 4) is 0 Å². The molecule has 3 heteroatoms. The van der Waals surface area contributed by atoms with Crippen LogP contribution in [0.25, 0.3) is 0 Å². The van der Waals surface area contributed by atoms with E-state index in [9.17, 15) is 0 Å². The Morgan fingerprint density at radius 3 is 2.12 bits per heavy atom. The predicted molar refractivity (Wildman–Crippen MR) is 65.0 cm³/mol. The summed E-state index contributed by atoms with van der Waals surface area (Å²) in [7, 11) is 0. The second kappa shape index (κ2) is 5.94. The molecule has 0 radical (unpaired) electrons. The van der Waals surface area contributed by atoms with Crippen LogP contribution in [0.1, 0.15) is 62.3 Å². The molecule has 2 rings (SSSR count). The fourth-order valence-corrected chi connectivity index (χ4v) is 2.40. The fourth-order valence-electron chi connectivity index (χ4n) is 2.40. The number of nitrogens with two attached hydrogens (primary N) is 1. The van der Waals surface area contributed by atoms with E-state index in [2.05, 4.69) is 9.97 Å². The summed E-state index contributed by atoms with van der Waals surface area (Å²) in [5, 5.41) is 0. The molecule has 1 aromatic heterocycles. The van der Waals surface area contributed by atoms with Crippen LogP contribution in [0.2, 0.25) is 0 Å². The van der Waals surface area contributed by atoms with Crippen molar-refractivity contribution < 1.29 is 0 Å². The number of hydrogen-bond acceptors (Lipinski definition) is 3. The molecule has 1 saturated carbocycles. The second-order valence-electron chi connectivity index (χ2n) is 4.70. The second-order valence-corrected chi connectivity index (χ2v) is 4.70. The van der Waals surface area contributed by atoms with Crippen molar-refractivity contribution in [2.75, 3.05) is 0 Å². The van der Waals surface area contributed by atoms with E-state index in [0.29, 0.717) is 12.5 Å². The van der Waals surface area contributed by atoms with Gasteiger partial charge in [0.15, 0.2) is 0 Å². The molecule has 1 aliphatic rings. The summed E-state index contributed by atoms with van der Waals surface area (Å²) in [6.45, 7) is 0.533. The Balaban J connectivity index is 2.02. The maximum absolute atomic E-state index is 5.54. The molecule has 1 heterocycles. The van der Waals surface area contributed by atoms with E-state index >= 15 is 0 Å². The summed E-state index contributed by atoms with van der Waals surface area (Å²) in [5.41, 5.74) is 6.57. The Morgan fingerprint density at radius 2 is 1.56 bits per heavy atom. The minimum atomic E-state index is 0.533. The van der Waals surface area contributed by atoms with Gasteiger partial charge in [-0.05, 0) is 12.8 Å². The quantitative estimate of drug-likeness (QED) is 0.832. The number of nitrogens with zero attached hydrogens (tertiary/aromatic N) is 2. The van der Waals surface area contributed by atoms with E-state index in [-0.39, 0.29) is 0 Å². The Labute approximate surface area is 97.5 Å². The molecular weight excluding hydrogens is 198 g/mol. The van der Waals surface area contributed by atoms with E-state index in [4.69, 9.17) is 5.73 Å². The summed E-state index contributed by atoms with van der Waals surface area (Å²) < 4.78 is 0. The van der Waals surface area contributed by atoms with Crippen LogP contribution in [-0.4, -0.2) is 9.97 Å². The molecule has 0 amide bonds. The van der Waals surface area contributed by atoms with Gasteiger partial charge in [-0.1, -0.05) is 32.1 Å². The zero-order valence-corrected chi connectivity index (χ0v) is 9.86. The van der Waals surface area contributed by atoms with Crippen molar-refractivity contribution in [3.05, 3.63) is 23.8 Å². The molecule has 3 nitrogen and oxygen atoms in total. The molecule has 0 spiro atoms. The van der Waals surface area contributed by atoms with Crippen LogP contribution < -0.4 is 5.73 Å². The third kappa shape index (κ3) is 3.01. The first-order valence-electron chi connectivity index (χ1n) is 6.41. The highest BCUT2D eigenvalue weighted by Gasteiger charge is 2.15. The van der Waals surface area contributed by atoms with Crippen molar-refractivity contribution in [1.82, 2.24) is 9.97 Å². The molecular formula is C13H21N3. The zero-order chi connectivity index (χ0) is 11.2. The van der Waals surface area contributed by atoms with E-state index in [0.717, 1.165) is 11.4 Å². The van der Waals surface area contributed by atoms with Crippen molar-refractivity contribution in [3.63, 3.8) is 0 Å². The highest BCUT2D eigenvalue weighted by molar-refractivity contribution is 5.07. The average molecular weight is 219 g/mol. The van der Waals surface area contributed by atoms with Gasteiger partial charge < -0.3 is 5.73 Å². The molecule has 1 aliphatic carbocycles. The fraction of sp³-hybridized carbons (Fsp3) is 0.692.